The summed E-state index contributed by atoms with van der Waals surface area (Å²) < 4.78 is 0. The Kier molecular flexibility index (Phi) is 6.43. The summed E-state index contributed by atoms with van der Waals surface area (Å²) in [5.41, 5.74) is 1.13. The number of aliphatic hydroxyl groups excluding tert-OH is 1. The van der Waals surface area contributed by atoms with E-state index in [1.807, 2.05) is 0 Å². The van der Waals surface area contributed by atoms with E-state index in [-0.39, 0.29) is 6.61 Å². The number of rotatable bonds is 8. The third kappa shape index (κ3) is 3.57. The summed E-state index contributed by atoms with van der Waals surface area (Å²) in [6, 6.07) is 0. The molecule has 0 saturated carbocycles. The Morgan fingerprint density at radius 2 is 2.00 bits per heavy atom. The minimum absolute atomic E-state index is 0.143. The van der Waals surface area contributed by atoms with Gasteiger partial charge >= 0.3 is 0 Å². The van der Waals surface area contributed by atoms with Gasteiger partial charge < -0.3 is 15.3 Å². The highest BCUT2D eigenvalue weighted by Gasteiger charge is 2.14. The van der Waals surface area contributed by atoms with Crippen molar-refractivity contribution < 1.29 is 5.11 Å². The zero-order valence-corrected chi connectivity index (χ0v) is 11.6. The minimum atomic E-state index is 0.143. The van der Waals surface area contributed by atoms with Crippen LogP contribution in [0.5, 0.6) is 0 Å². The highest BCUT2D eigenvalue weighted by atomic mass is 16.3. The van der Waals surface area contributed by atoms with Crippen molar-refractivity contribution in [2.45, 2.75) is 33.6 Å². The second kappa shape index (κ2) is 7.87. The Balaban J connectivity index is 3.07. The topological polar surface area (TPSA) is 61.3 Å². The molecule has 0 spiro atoms. The molecule has 0 bridgehead atoms. The van der Waals surface area contributed by atoms with Gasteiger partial charge in [0.1, 0.15) is 18.0 Å². The average Bonchev–Trinajstić information content (AvgIpc) is 2.38. The minimum Gasteiger partial charge on any atom is -0.395 e. The van der Waals surface area contributed by atoms with Crippen LogP contribution in [0.25, 0.3) is 0 Å². The second-order valence-electron chi connectivity index (χ2n) is 4.12. The lowest BCUT2D eigenvalue weighted by atomic mass is 10.2. The summed E-state index contributed by atoms with van der Waals surface area (Å²) in [4.78, 5) is 10.8. The first-order valence-electron chi connectivity index (χ1n) is 6.71. The molecule has 0 fully saturated rings. The lowest BCUT2D eigenvalue weighted by Gasteiger charge is -2.25. The molecule has 5 nitrogen and oxygen atoms in total. The van der Waals surface area contributed by atoms with Crippen LogP contribution in [0.1, 0.15) is 32.8 Å². The van der Waals surface area contributed by atoms with E-state index in [2.05, 4.69) is 41.0 Å². The van der Waals surface area contributed by atoms with Gasteiger partial charge in [0.25, 0.3) is 0 Å². The summed E-state index contributed by atoms with van der Waals surface area (Å²) in [6.45, 7) is 8.79. The van der Waals surface area contributed by atoms with Gasteiger partial charge in [0.05, 0.1) is 6.61 Å². The number of nitrogens with one attached hydrogen (secondary N) is 1. The molecular formula is C13H24N4O. The van der Waals surface area contributed by atoms with E-state index < -0.39 is 0 Å². The van der Waals surface area contributed by atoms with Crippen LogP contribution in [-0.2, 0) is 6.42 Å². The van der Waals surface area contributed by atoms with Crippen LogP contribution in [0.15, 0.2) is 6.33 Å². The Bertz CT molecular complexity index is 351. The summed E-state index contributed by atoms with van der Waals surface area (Å²) in [6.07, 6.45) is 3.50. The van der Waals surface area contributed by atoms with E-state index in [9.17, 15) is 0 Å². The fraction of sp³-hybridized carbons (Fsp3) is 0.692. The summed E-state index contributed by atoms with van der Waals surface area (Å²) in [7, 11) is 0. The highest BCUT2D eigenvalue weighted by molar-refractivity contribution is 5.58. The molecule has 1 aromatic heterocycles. The van der Waals surface area contributed by atoms with E-state index in [1.165, 1.54) is 0 Å². The molecule has 0 radical (unpaired) electrons. The standard InChI is InChI=1S/C13H24N4O/c1-4-7-17(8-9-18)13-11(5-2)12(14-6-3)15-10-16-13/h10,18H,4-9H2,1-3H3,(H,14,15,16). The molecule has 0 aliphatic heterocycles. The molecule has 5 heteroatoms. The number of aromatic nitrogens is 2. The molecule has 1 heterocycles. The predicted molar refractivity (Wildman–Crippen MR) is 75.2 cm³/mol. The molecule has 1 aromatic rings. The predicted octanol–water partition coefficient (Wildman–Crippen LogP) is 1.68. The van der Waals surface area contributed by atoms with Crippen LogP contribution in [0.4, 0.5) is 11.6 Å². The van der Waals surface area contributed by atoms with Gasteiger partial charge in [0.2, 0.25) is 0 Å². The van der Waals surface area contributed by atoms with Crippen molar-refractivity contribution >= 4 is 11.6 Å². The fourth-order valence-electron chi connectivity index (χ4n) is 2.04. The molecule has 0 unspecified atom stereocenters. The first kappa shape index (κ1) is 14.7. The first-order valence-corrected chi connectivity index (χ1v) is 6.71. The van der Waals surface area contributed by atoms with Crippen molar-refractivity contribution in [1.29, 1.82) is 0 Å². The molecule has 1 rings (SSSR count). The van der Waals surface area contributed by atoms with Crippen molar-refractivity contribution in [1.82, 2.24) is 9.97 Å². The molecule has 0 aliphatic rings. The van der Waals surface area contributed by atoms with Crippen molar-refractivity contribution in [3.8, 4) is 0 Å². The summed E-state index contributed by atoms with van der Waals surface area (Å²) >= 11 is 0. The number of hydrogen-bond acceptors (Lipinski definition) is 5. The van der Waals surface area contributed by atoms with E-state index >= 15 is 0 Å². The maximum absolute atomic E-state index is 9.16. The Labute approximate surface area is 109 Å². The number of aliphatic hydroxyl groups is 1. The zero-order chi connectivity index (χ0) is 13.4. The van der Waals surface area contributed by atoms with Gasteiger partial charge in [-0.15, -0.1) is 0 Å². The largest absolute Gasteiger partial charge is 0.395 e. The van der Waals surface area contributed by atoms with E-state index in [1.54, 1.807) is 6.33 Å². The zero-order valence-electron chi connectivity index (χ0n) is 11.6. The maximum atomic E-state index is 9.16. The van der Waals surface area contributed by atoms with Gasteiger partial charge in [-0.25, -0.2) is 9.97 Å². The SMILES string of the molecule is CCCN(CCO)c1ncnc(NCC)c1CC. The first-order chi connectivity index (χ1) is 8.78. The highest BCUT2D eigenvalue weighted by Crippen LogP contribution is 2.23. The van der Waals surface area contributed by atoms with Gasteiger partial charge in [-0.2, -0.15) is 0 Å². The smallest absolute Gasteiger partial charge is 0.137 e. The Hall–Kier alpha value is -1.36. The van der Waals surface area contributed by atoms with Crippen LogP contribution in [0.3, 0.4) is 0 Å². The average molecular weight is 252 g/mol. The molecule has 0 saturated heterocycles. The molecule has 0 atom stereocenters. The molecule has 0 aromatic carbocycles. The molecular weight excluding hydrogens is 228 g/mol. The second-order valence-corrected chi connectivity index (χ2v) is 4.12. The van der Waals surface area contributed by atoms with Gasteiger partial charge in [-0.1, -0.05) is 13.8 Å². The fourth-order valence-corrected chi connectivity index (χ4v) is 2.04. The van der Waals surface area contributed by atoms with Crippen LogP contribution in [0.2, 0.25) is 0 Å². The van der Waals surface area contributed by atoms with Crippen LogP contribution in [-0.4, -0.2) is 41.3 Å². The summed E-state index contributed by atoms with van der Waals surface area (Å²) in [5, 5.41) is 12.4. The molecule has 2 N–H and O–H groups in total. The molecule has 102 valence electrons. The van der Waals surface area contributed by atoms with Crippen molar-refractivity contribution in [3.05, 3.63) is 11.9 Å². The molecule has 0 amide bonds. The number of anilines is 2. The number of hydrogen-bond donors (Lipinski definition) is 2. The van der Waals surface area contributed by atoms with Crippen molar-refractivity contribution in [3.63, 3.8) is 0 Å². The van der Waals surface area contributed by atoms with Gasteiger partial charge in [0.15, 0.2) is 0 Å². The molecule has 18 heavy (non-hydrogen) atoms. The monoisotopic (exact) mass is 252 g/mol. The third-order valence-corrected chi connectivity index (χ3v) is 2.78. The van der Waals surface area contributed by atoms with Crippen molar-refractivity contribution in [2.75, 3.05) is 36.5 Å². The van der Waals surface area contributed by atoms with Crippen molar-refractivity contribution in [2.24, 2.45) is 0 Å². The summed E-state index contributed by atoms with van der Waals surface area (Å²) in [5.74, 6) is 1.85. The van der Waals surface area contributed by atoms with Crippen LogP contribution < -0.4 is 10.2 Å². The van der Waals surface area contributed by atoms with Gasteiger partial charge in [0, 0.05) is 25.2 Å². The van der Waals surface area contributed by atoms with E-state index in [0.717, 1.165) is 43.1 Å². The normalized spacial score (nSPS) is 10.4. The lowest BCUT2D eigenvalue weighted by molar-refractivity contribution is 0.301. The van der Waals surface area contributed by atoms with Gasteiger partial charge in [-0.3, -0.25) is 0 Å². The van der Waals surface area contributed by atoms with Crippen LogP contribution in [0, 0.1) is 0 Å². The Morgan fingerprint density at radius 3 is 2.56 bits per heavy atom. The van der Waals surface area contributed by atoms with Crippen LogP contribution >= 0.6 is 0 Å². The Morgan fingerprint density at radius 1 is 1.22 bits per heavy atom. The van der Waals surface area contributed by atoms with E-state index in [0.29, 0.717) is 6.54 Å². The van der Waals surface area contributed by atoms with Gasteiger partial charge in [-0.05, 0) is 19.8 Å². The maximum Gasteiger partial charge on any atom is 0.137 e. The molecule has 0 aliphatic carbocycles. The quantitative estimate of drug-likeness (QED) is 0.737. The number of nitrogens with zero attached hydrogens (tertiary/aromatic N) is 3. The third-order valence-electron chi connectivity index (χ3n) is 2.78. The van der Waals surface area contributed by atoms with E-state index in [4.69, 9.17) is 5.11 Å². The lowest BCUT2D eigenvalue weighted by Crippen LogP contribution is -2.29.